The van der Waals surface area contributed by atoms with E-state index in [4.69, 9.17) is 23.2 Å². The van der Waals surface area contributed by atoms with E-state index in [2.05, 4.69) is 4.98 Å². The number of halogens is 2. The number of nitrogens with zero attached hydrogens (tertiary/aromatic N) is 2. The summed E-state index contributed by atoms with van der Waals surface area (Å²) in [6.45, 7) is 0.359. The van der Waals surface area contributed by atoms with Crippen molar-refractivity contribution in [3.63, 3.8) is 0 Å². The minimum atomic E-state index is -3.36. The minimum Gasteiger partial charge on any atom is -0.320 e. The fourth-order valence-electron chi connectivity index (χ4n) is 1.90. The molecule has 0 radical (unpaired) electrons. The van der Waals surface area contributed by atoms with Crippen molar-refractivity contribution in [1.29, 1.82) is 0 Å². The number of hydrogen-bond donors (Lipinski definition) is 0. The van der Waals surface area contributed by atoms with Crippen LogP contribution in [-0.4, -0.2) is 53.9 Å². The fraction of sp³-hybridized carbons (Fsp3) is 0.455. The van der Waals surface area contributed by atoms with Gasteiger partial charge in [0.05, 0.1) is 10.6 Å². The van der Waals surface area contributed by atoms with Gasteiger partial charge in [0.15, 0.2) is 9.84 Å². The molecule has 1 amide bonds. The second kappa shape index (κ2) is 6.09. The van der Waals surface area contributed by atoms with E-state index in [9.17, 15) is 13.2 Å². The molecule has 2 heterocycles. The van der Waals surface area contributed by atoms with Crippen molar-refractivity contribution in [2.75, 3.05) is 24.3 Å². The Hall–Kier alpha value is -0.500. The Morgan fingerprint density at radius 2 is 2.20 bits per heavy atom. The van der Waals surface area contributed by atoms with Crippen LogP contribution in [0.1, 0.15) is 10.4 Å². The maximum absolute atomic E-state index is 12.5. The highest BCUT2D eigenvalue weighted by Crippen LogP contribution is 2.26. The third-order valence-electron chi connectivity index (χ3n) is 2.89. The number of sulfone groups is 1. The quantitative estimate of drug-likeness (QED) is 0.759. The van der Waals surface area contributed by atoms with E-state index in [1.807, 2.05) is 0 Å². The van der Waals surface area contributed by atoms with Gasteiger partial charge in [-0.05, 0) is 6.07 Å². The van der Waals surface area contributed by atoms with Gasteiger partial charge >= 0.3 is 0 Å². The Bertz CT molecular complexity index is 637. The van der Waals surface area contributed by atoms with Crippen molar-refractivity contribution >= 4 is 50.7 Å². The highest BCUT2D eigenvalue weighted by Gasteiger charge is 2.35. The molecule has 110 valence electrons. The lowest BCUT2D eigenvalue weighted by molar-refractivity contribution is 0.0749. The number of rotatable bonds is 2. The molecule has 5 nitrogen and oxygen atoms in total. The lowest BCUT2D eigenvalue weighted by Crippen LogP contribution is -2.50. The number of pyridine rings is 1. The summed E-state index contributed by atoms with van der Waals surface area (Å²) < 4.78 is 23.6. The first-order valence-electron chi connectivity index (χ1n) is 5.69. The Balaban J connectivity index is 2.37. The van der Waals surface area contributed by atoms with E-state index < -0.39 is 21.1 Å². The van der Waals surface area contributed by atoms with Gasteiger partial charge in [0.2, 0.25) is 0 Å². The summed E-state index contributed by atoms with van der Waals surface area (Å²) in [6.07, 6.45) is 2.41. The molecule has 1 aliphatic heterocycles. The summed E-state index contributed by atoms with van der Waals surface area (Å²) in [4.78, 5) is 17.6. The first-order chi connectivity index (χ1) is 9.30. The van der Waals surface area contributed by atoms with Gasteiger partial charge < -0.3 is 4.90 Å². The van der Waals surface area contributed by atoms with E-state index in [-0.39, 0.29) is 15.7 Å². The SMILES string of the molecule is CS(=O)(=O)C1CSCCN1C(=O)c1cc(Cl)ncc1Cl. The average molecular weight is 355 g/mol. The maximum atomic E-state index is 12.5. The van der Waals surface area contributed by atoms with Crippen molar-refractivity contribution in [1.82, 2.24) is 9.88 Å². The summed E-state index contributed by atoms with van der Waals surface area (Å²) in [7, 11) is -3.36. The largest absolute Gasteiger partial charge is 0.320 e. The van der Waals surface area contributed by atoms with E-state index in [1.165, 1.54) is 28.9 Å². The third-order valence-corrected chi connectivity index (χ3v) is 6.04. The van der Waals surface area contributed by atoms with Crippen LogP contribution in [0.4, 0.5) is 0 Å². The molecule has 20 heavy (non-hydrogen) atoms. The molecule has 0 spiro atoms. The molecule has 0 aromatic carbocycles. The Labute approximate surface area is 131 Å². The molecule has 2 rings (SSSR count). The van der Waals surface area contributed by atoms with Crippen molar-refractivity contribution < 1.29 is 13.2 Å². The molecule has 1 fully saturated rings. The van der Waals surface area contributed by atoms with Crippen molar-refractivity contribution in [2.24, 2.45) is 0 Å². The van der Waals surface area contributed by atoms with Crippen LogP contribution in [0.25, 0.3) is 0 Å². The summed E-state index contributed by atoms with van der Waals surface area (Å²) in [6, 6.07) is 1.35. The fourth-order valence-corrected chi connectivity index (χ4v) is 5.06. The Morgan fingerprint density at radius 1 is 1.50 bits per heavy atom. The Kier molecular flexibility index (Phi) is 4.84. The van der Waals surface area contributed by atoms with Crippen LogP contribution in [0.15, 0.2) is 12.3 Å². The van der Waals surface area contributed by atoms with Gasteiger partial charge in [-0.1, -0.05) is 23.2 Å². The molecule has 0 aliphatic carbocycles. The molecule has 0 bridgehead atoms. The lowest BCUT2D eigenvalue weighted by atomic mass is 10.2. The Morgan fingerprint density at radius 3 is 2.85 bits per heavy atom. The lowest BCUT2D eigenvalue weighted by Gasteiger charge is -2.34. The molecule has 1 aromatic heterocycles. The molecule has 1 saturated heterocycles. The number of carbonyl (C=O) groups excluding carboxylic acids is 1. The molecule has 1 unspecified atom stereocenters. The highest BCUT2D eigenvalue weighted by molar-refractivity contribution is 8.00. The zero-order chi connectivity index (χ0) is 14.9. The number of carbonyl (C=O) groups is 1. The number of amides is 1. The topological polar surface area (TPSA) is 67.3 Å². The minimum absolute atomic E-state index is 0.139. The standard InChI is InChI=1S/C11H12Cl2N2O3S2/c1-20(17,18)10-6-19-3-2-15(10)11(16)7-4-9(13)14-5-8(7)12/h4-5,10H,2-3,6H2,1H3. The van der Waals surface area contributed by atoms with Crippen LogP contribution >= 0.6 is 35.0 Å². The molecule has 9 heteroatoms. The van der Waals surface area contributed by atoms with Crippen LogP contribution in [0.5, 0.6) is 0 Å². The van der Waals surface area contributed by atoms with Gasteiger partial charge in [-0.15, -0.1) is 0 Å². The average Bonchev–Trinajstić information content (AvgIpc) is 2.40. The van der Waals surface area contributed by atoms with E-state index >= 15 is 0 Å². The monoisotopic (exact) mass is 354 g/mol. The predicted octanol–water partition coefficient (Wildman–Crippen LogP) is 1.95. The summed E-state index contributed by atoms with van der Waals surface area (Å²) in [5.41, 5.74) is 0.173. The zero-order valence-corrected chi connectivity index (χ0v) is 13.7. The van der Waals surface area contributed by atoms with E-state index in [1.54, 1.807) is 0 Å². The number of thioether (sulfide) groups is 1. The molecule has 1 atom stereocenters. The summed E-state index contributed by atoms with van der Waals surface area (Å²) in [5.74, 6) is 0.616. The maximum Gasteiger partial charge on any atom is 0.256 e. The summed E-state index contributed by atoms with van der Waals surface area (Å²) in [5, 5.41) is -0.540. The zero-order valence-electron chi connectivity index (χ0n) is 10.5. The van der Waals surface area contributed by atoms with Crippen molar-refractivity contribution in [3.05, 3.63) is 28.0 Å². The third kappa shape index (κ3) is 3.39. The van der Waals surface area contributed by atoms with Gasteiger partial charge in [0.25, 0.3) is 5.91 Å². The molecule has 1 aliphatic rings. The van der Waals surface area contributed by atoms with Crippen LogP contribution in [0.3, 0.4) is 0 Å². The van der Waals surface area contributed by atoms with Crippen LogP contribution in [0, 0.1) is 0 Å². The van der Waals surface area contributed by atoms with Gasteiger partial charge in [-0.25, -0.2) is 13.4 Å². The van der Waals surface area contributed by atoms with Crippen molar-refractivity contribution in [3.8, 4) is 0 Å². The second-order valence-corrected chi connectivity index (χ2v) is 8.49. The van der Waals surface area contributed by atoms with Gasteiger partial charge in [0, 0.05) is 30.5 Å². The predicted molar refractivity (Wildman–Crippen MR) is 81.3 cm³/mol. The normalized spacial score (nSPS) is 19.9. The van der Waals surface area contributed by atoms with Gasteiger partial charge in [-0.3, -0.25) is 4.79 Å². The second-order valence-electron chi connectivity index (χ2n) is 4.34. The molecule has 0 N–H and O–H groups in total. The van der Waals surface area contributed by atoms with Crippen LogP contribution < -0.4 is 0 Å². The summed E-state index contributed by atoms with van der Waals surface area (Å²) >= 11 is 13.2. The molecule has 0 saturated carbocycles. The first kappa shape index (κ1) is 15.9. The van der Waals surface area contributed by atoms with Gasteiger partial charge in [-0.2, -0.15) is 11.8 Å². The van der Waals surface area contributed by atoms with Crippen LogP contribution in [0.2, 0.25) is 10.2 Å². The van der Waals surface area contributed by atoms with Crippen LogP contribution in [-0.2, 0) is 9.84 Å². The molecule has 1 aromatic rings. The number of aromatic nitrogens is 1. The number of hydrogen-bond acceptors (Lipinski definition) is 5. The smallest absolute Gasteiger partial charge is 0.256 e. The van der Waals surface area contributed by atoms with Crippen molar-refractivity contribution in [2.45, 2.75) is 5.37 Å². The van der Waals surface area contributed by atoms with Gasteiger partial charge in [0.1, 0.15) is 10.5 Å². The molecular weight excluding hydrogens is 343 g/mol. The first-order valence-corrected chi connectivity index (χ1v) is 9.56. The van der Waals surface area contributed by atoms with E-state index in [0.29, 0.717) is 18.1 Å². The molecular formula is C11H12Cl2N2O3S2. The highest BCUT2D eigenvalue weighted by atomic mass is 35.5. The van der Waals surface area contributed by atoms with E-state index in [0.717, 1.165) is 6.26 Å².